The lowest BCUT2D eigenvalue weighted by atomic mass is 10.0. The maximum Gasteiger partial charge on any atom is 0.149 e. The van der Waals surface area contributed by atoms with Crippen LogP contribution in [0.4, 0.5) is 0 Å². The van der Waals surface area contributed by atoms with E-state index < -0.39 is 0 Å². The summed E-state index contributed by atoms with van der Waals surface area (Å²) in [6, 6.07) is 0. The smallest absolute Gasteiger partial charge is 0.149 e. The zero-order valence-electron chi connectivity index (χ0n) is 11.7. The van der Waals surface area contributed by atoms with Gasteiger partial charge < -0.3 is 9.80 Å². The van der Waals surface area contributed by atoms with Crippen molar-refractivity contribution in [1.29, 1.82) is 0 Å². The molecule has 2 rings (SSSR count). The average molecular weight is 270 g/mol. The Kier molecular flexibility index (Phi) is 4.35. The van der Waals surface area contributed by atoms with Crippen molar-refractivity contribution in [3.05, 3.63) is 60.3 Å². The van der Waals surface area contributed by atoms with E-state index in [9.17, 15) is 9.59 Å². The highest BCUT2D eigenvalue weighted by molar-refractivity contribution is 5.78. The van der Waals surface area contributed by atoms with Gasteiger partial charge in [0.2, 0.25) is 0 Å². The van der Waals surface area contributed by atoms with Crippen LogP contribution in [0.25, 0.3) is 0 Å². The molecule has 0 atom stereocenters. The molecule has 0 aliphatic carbocycles. The number of nitrogens with zero attached hydrogens (tertiary/aromatic N) is 2. The van der Waals surface area contributed by atoms with Gasteiger partial charge in [0.1, 0.15) is 11.6 Å². The predicted octanol–water partition coefficient (Wildman–Crippen LogP) is 2.15. The third-order valence-electron chi connectivity index (χ3n) is 2.93. The first-order valence-corrected chi connectivity index (χ1v) is 6.52. The molecule has 2 aliphatic heterocycles. The van der Waals surface area contributed by atoms with E-state index in [0.717, 1.165) is 11.1 Å². The Morgan fingerprint density at radius 1 is 0.750 bits per heavy atom. The van der Waals surface area contributed by atoms with Crippen LogP contribution in [0.5, 0.6) is 0 Å². The molecule has 0 saturated heterocycles. The topological polar surface area (TPSA) is 40.6 Å². The molecule has 0 aromatic carbocycles. The zero-order chi connectivity index (χ0) is 14.5. The SMILES string of the molecule is CC(=O)CN1C=CC(=C2C=CN(CC(C)=O)C=C2)C=C1. The molecular formula is C16H18N2O2. The van der Waals surface area contributed by atoms with Crippen LogP contribution in [0.1, 0.15) is 13.8 Å². The van der Waals surface area contributed by atoms with E-state index in [0.29, 0.717) is 13.1 Å². The number of Topliss-reactive ketones (excluding diaryl/α,β-unsaturated/α-hetero) is 2. The lowest BCUT2D eigenvalue weighted by molar-refractivity contribution is -0.118. The molecule has 0 unspecified atom stereocenters. The molecule has 0 amide bonds. The maximum atomic E-state index is 11.0. The Morgan fingerprint density at radius 2 is 1.05 bits per heavy atom. The predicted molar refractivity (Wildman–Crippen MR) is 78.4 cm³/mol. The molecule has 4 heteroatoms. The summed E-state index contributed by atoms with van der Waals surface area (Å²) in [6.07, 6.45) is 15.5. The first kappa shape index (κ1) is 14.1. The van der Waals surface area contributed by atoms with Crippen molar-refractivity contribution >= 4 is 11.6 Å². The summed E-state index contributed by atoms with van der Waals surface area (Å²) in [4.78, 5) is 25.8. The molecule has 0 fully saturated rings. The van der Waals surface area contributed by atoms with Crippen molar-refractivity contribution in [3.63, 3.8) is 0 Å². The molecule has 104 valence electrons. The lowest BCUT2D eigenvalue weighted by Gasteiger charge is -2.20. The number of carbonyl (C=O) groups is 2. The Balaban J connectivity index is 2.03. The molecule has 2 aliphatic rings. The summed E-state index contributed by atoms with van der Waals surface area (Å²) in [6.45, 7) is 3.94. The first-order chi connectivity index (χ1) is 9.54. The number of rotatable bonds is 4. The minimum Gasteiger partial charge on any atom is -0.347 e. The van der Waals surface area contributed by atoms with Crippen LogP contribution in [0.2, 0.25) is 0 Å². The number of carbonyl (C=O) groups excluding carboxylic acids is 2. The second kappa shape index (κ2) is 6.19. The van der Waals surface area contributed by atoms with E-state index in [1.165, 1.54) is 0 Å². The molecule has 0 aromatic rings. The molecule has 0 radical (unpaired) electrons. The van der Waals surface area contributed by atoms with Gasteiger partial charge in [-0.3, -0.25) is 9.59 Å². The van der Waals surface area contributed by atoms with Crippen molar-refractivity contribution < 1.29 is 9.59 Å². The van der Waals surface area contributed by atoms with E-state index in [1.807, 2.05) is 58.9 Å². The standard InChI is InChI=1S/C16H18N2O2/c1-13(19)11-17-7-3-15(4-8-17)16-5-9-18(10-6-16)12-14(2)20/h3-10H,11-12H2,1-2H3. The highest BCUT2D eigenvalue weighted by atomic mass is 16.1. The van der Waals surface area contributed by atoms with E-state index in [2.05, 4.69) is 0 Å². The largest absolute Gasteiger partial charge is 0.347 e. The molecule has 20 heavy (non-hydrogen) atoms. The zero-order valence-corrected chi connectivity index (χ0v) is 11.7. The summed E-state index contributed by atoms with van der Waals surface area (Å²) < 4.78 is 0. The van der Waals surface area contributed by atoms with Crippen molar-refractivity contribution in [1.82, 2.24) is 9.80 Å². The Bertz CT molecular complexity index is 483. The van der Waals surface area contributed by atoms with Gasteiger partial charge in [-0.15, -0.1) is 0 Å². The molecular weight excluding hydrogens is 252 g/mol. The lowest BCUT2D eigenvalue weighted by Crippen LogP contribution is -2.20. The highest BCUT2D eigenvalue weighted by Crippen LogP contribution is 2.19. The third-order valence-corrected chi connectivity index (χ3v) is 2.93. The van der Waals surface area contributed by atoms with Crippen LogP contribution in [0, 0.1) is 0 Å². The van der Waals surface area contributed by atoms with E-state index >= 15 is 0 Å². The van der Waals surface area contributed by atoms with Gasteiger partial charge in [0.25, 0.3) is 0 Å². The van der Waals surface area contributed by atoms with E-state index in [-0.39, 0.29) is 11.6 Å². The van der Waals surface area contributed by atoms with Gasteiger partial charge in [0.15, 0.2) is 0 Å². The van der Waals surface area contributed by atoms with Gasteiger partial charge in [-0.25, -0.2) is 0 Å². The molecule has 0 bridgehead atoms. The maximum absolute atomic E-state index is 11.0. The number of hydrogen-bond donors (Lipinski definition) is 0. The molecule has 0 saturated carbocycles. The quantitative estimate of drug-likeness (QED) is 0.785. The first-order valence-electron chi connectivity index (χ1n) is 6.52. The summed E-state index contributed by atoms with van der Waals surface area (Å²) in [5.41, 5.74) is 2.17. The average Bonchev–Trinajstić information content (AvgIpc) is 2.39. The monoisotopic (exact) mass is 270 g/mol. The highest BCUT2D eigenvalue weighted by Gasteiger charge is 2.08. The Labute approximate surface area is 119 Å². The summed E-state index contributed by atoms with van der Waals surface area (Å²) in [5.74, 6) is 0.264. The van der Waals surface area contributed by atoms with Crippen molar-refractivity contribution in [3.8, 4) is 0 Å². The van der Waals surface area contributed by atoms with Crippen LogP contribution < -0.4 is 0 Å². The van der Waals surface area contributed by atoms with Crippen LogP contribution in [-0.2, 0) is 9.59 Å². The van der Waals surface area contributed by atoms with Crippen LogP contribution in [-0.4, -0.2) is 34.5 Å². The minimum absolute atomic E-state index is 0.132. The second-order valence-corrected chi connectivity index (χ2v) is 4.92. The number of ketones is 2. The van der Waals surface area contributed by atoms with Gasteiger partial charge in [-0.2, -0.15) is 0 Å². The molecule has 0 spiro atoms. The van der Waals surface area contributed by atoms with Crippen molar-refractivity contribution in [2.24, 2.45) is 0 Å². The second-order valence-electron chi connectivity index (χ2n) is 4.92. The van der Waals surface area contributed by atoms with Gasteiger partial charge in [-0.1, -0.05) is 0 Å². The van der Waals surface area contributed by atoms with Crippen LogP contribution in [0.3, 0.4) is 0 Å². The Morgan fingerprint density at radius 3 is 1.30 bits per heavy atom. The van der Waals surface area contributed by atoms with Crippen LogP contribution >= 0.6 is 0 Å². The third kappa shape index (κ3) is 3.82. The fraction of sp³-hybridized carbons (Fsp3) is 0.250. The van der Waals surface area contributed by atoms with Gasteiger partial charge in [0, 0.05) is 24.8 Å². The number of hydrogen-bond acceptors (Lipinski definition) is 4. The van der Waals surface area contributed by atoms with Gasteiger partial charge in [0.05, 0.1) is 13.1 Å². The van der Waals surface area contributed by atoms with Crippen LogP contribution in [0.15, 0.2) is 60.3 Å². The molecule has 2 heterocycles. The normalized spacial score (nSPS) is 17.1. The summed E-state index contributed by atoms with van der Waals surface area (Å²) in [7, 11) is 0. The van der Waals surface area contributed by atoms with Crippen molar-refractivity contribution in [2.45, 2.75) is 13.8 Å². The van der Waals surface area contributed by atoms with Gasteiger partial charge >= 0.3 is 0 Å². The molecule has 4 nitrogen and oxygen atoms in total. The molecule has 0 aromatic heterocycles. The number of allylic oxidation sites excluding steroid dienone is 6. The molecule has 0 N–H and O–H groups in total. The van der Waals surface area contributed by atoms with E-state index in [4.69, 9.17) is 0 Å². The fourth-order valence-corrected chi connectivity index (χ4v) is 2.02. The fourth-order valence-electron chi connectivity index (χ4n) is 2.02. The Hall–Kier alpha value is -2.36. The minimum atomic E-state index is 0.132. The van der Waals surface area contributed by atoms with E-state index in [1.54, 1.807) is 13.8 Å². The summed E-state index contributed by atoms with van der Waals surface area (Å²) in [5, 5.41) is 0. The summed E-state index contributed by atoms with van der Waals surface area (Å²) >= 11 is 0. The van der Waals surface area contributed by atoms with Gasteiger partial charge in [-0.05, 0) is 49.3 Å². The van der Waals surface area contributed by atoms with Crippen molar-refractivity contribution in [2.75, 3.05) is 13.1 Å².